The van der Waals surface area contributed by atoms with Crippen molar-refractivity contribution in [1.29, 1.82) is 0 Å². The largest absolute Gasteiger partial charge is 0.391 e. The van der Waals surface area contributed by atoms with E-state index in [2.05, 4.69) is 37.6 Å². The summed E-state index contributed by atoms with van der Waals surface area (Å²) in [7, 11) is 2.21. The summed E-state index contributed by atoms with van der Waals surface area (Å²) in [6, 6.07) is 0.358. The van der Waals surface area contributed by atoms with Gasteiger partial charge in [-0.25, -0.2) is 0 Å². The minimum Gasteiger partial charge on any atom is -0.391 e. The Morgan fingerprint density at radius 1 is 1.19 bits per heavy atom. The summed E-state index contributed by atoms with van der Waals surface area (Å²) in [5.74, 6) is 0.755. The molecule has 2 aliphatic rings. The second-order valence-electron chi connectivity index (χ2n) is 8.02. The maximum Gasteiger partial charge on any atom is 0.0695 e. The zero-order chi connectivity index (χ0) is 15.5. The highest BCUT2D eigenvalue weighted by molar-refractivity contribution is 4.91. The highest BCUT2D eigenvalue weighted by atomic mass is 16.3. The van der Waals surface area contributed by atoms with Gasteiger partial charge in [-0.15, -0.1) is 0 Å². The van der Waals surface area contributed by atoms with E-state index in [0.29, 0.717) is 11.5 Å². The number of aliphatic hydroxyl groups excluding tert-OH is 1. The molecule has 0 spiro atoms. The Hall–Kier alpha value is -0.120. The molecular formula is C18H36N2O. The van der Waals surface area contributed by atoms with Crippen LogP contribution in [0, 0.1) is 11.3 Å². The predicted molar refractivity (Wildman–Crippen MR) is 89.5 cm³/mol. The van der Waals surface area contributed by atoms with Crippen molar-refractivity contribution >= 4 is 0 Å². The topological polar surface area (TPSA) is 26.7 Å². The summed E-state index contributed by atoms with van der Waals surface area (Å²) in [5, 5.41) is 10.4. The minimum absolute atomic E-state index is 0.127. The van der Waals surface area contributed by atoms with Crippen molar-refractivity contribution in [2.45, 2.75) is 71.4 Å². The molecule has 1 N–H and O–H groups in total. The monoisotopic (exact) mass is 296 g/mol. The average Bonchev–Trinajstić information content (AvgIpc) is 2.98. The molecule has 3 atom stereocenters. The fourth-order valence-electron chi connectivity index (χ4n) is 4.07. The first-order chi connectivity index (χ1) is 9.94. The van der Waals surface area contributed by atoms with E-state index >= 15 is 0 Å². The van der Waals surface area contributed by atoms with Crippen LogP contribution in [-0.4, -0.2) is 60.3 Å². The maximum absolute atomic E-state index is 10.4. The fraction of sp³-hybridized carbons (Fsp3) is 1.00. The van der Waals surface area contributed by atoms with Gasteiger partial charge in [-0.2, -0.15) is 0 Å². The first kappa shape index (κ1) is 17.2. The Bertz CT molecular complexity index is 312. The van der Waals surface area contributed by atoms with Crippen LogP contribution in [0.2, 0.25) is 0 Å². The molecule has 3 heteroatoms. The van der Waals surface area contributed by atoms with E-state index in [-0.39, 0.29) is 6.10 Å². The summed E-state index contributed by atoms with van der Waals surface area (Å²) in [4.78, 5) is 5.00. The van der Waals surface area contributed by atoms with Gasteiger partial charge in [0.15, 0.2) is 0 Å². The number of aliphatic hydroxyl groups is 1. The van der Waals surface area contributed by atoms with Gasteiger partial charge < -0.3 is 10.0 Å². The standard InChI is InChI=1S/C18H36N2O/c1-5-18(2,3)15-8-9-17(21)16(14-15)19(4)12-13-20-10-6-7-11-20/h15-17,21H,5-14H2,1-4H3. The summed E-state index contributed by atoms with van der Waals surface area (Å²) >= 11 is 0. The molecule has 2 rings (SSSR count). The van der Waals surface area contributed by atoms with Crippen LogP contribution in [0.4, 0.5) is 0 Å². The van der Waals surface area contributed by atoms with Crippen LogP contribution in [0.15, 0.2) is 0 Å². The van der Waals surface area contributed by atoms with Gasteiger partial charge in [0.05, 0.1) is 6.10 Å². The van der Waals surface area contributed by atoms with Crippen molar-refractivity contribution in [1.82, 2.24) is 9.80 Å². The Morgan fingerprint density at radius 2 is 1.86 bits per heavy atom. The number of nitrogens with zero attached hydrogens (tertiary/aromatic N) is 2. The Balaban J connectivity index is 1.86. The lowest BCUT2D eigenvalue weighted by molar-refractivity contribution is -0.0135. The molecule has 0 radical (unpaired) electrons. The zero-order valence-electron chi connectivity index (χ0n) is 14.6. The van der Waals surface area contributed by atoms with Crippen molar-refractivity contribution in [2.75, 3.05) is 33.2 Å². The second-order valence-corrected chi connectivity index (χ2v) is 8.02. The lowest BCUT2D eigenvalue weighted by Gasteiger charge is -2.44. The molecule has 1 heterocycles. The van der Waals surface area contributed by atoms with Gasteiger partial charge in [0, 0.05) is 19.1 Å². The fourth-order valence-corrected chi connectivity index (χ4v) is 4.07. The molecule has 3 nitrogen and oxygen atoms in total. The van der Waals surface area contributed by atoms with Gasteiger partial charge in [0.2, 0.25) is 0 Å². The Kier molecular flexibility index (Phi) is 6.10. The molecule has 1 aliphatic heterocycles. The van der Waals surface area contributed by atoms with E-state index in [1.165, 1.54) is 51.7 Å². The van der Waals surface area contributed by atoms with E-state index in [1.54, 1.807) is 0 Å². The van der Waals surface area contributed by atoms with Gasteiger partial charge in [-0.1, -0.05) is 27.2 Å². The van der Waals surface area contributed by atoms with Crippen LogP contribution in [0.3, 0.4) is 0 Å². The van der Waals surface area contributed by atoms with Crippen LogP contribution in [0.1, 0.15) is 59.3 Å². The molecule has 21 heavy (non-hydrogen) atoms. The Morgan fingerprint density at radius 3 is 2.48 bits per heavy atom. The highest BCUT2D eigenvalue weighted by Gasteiger charge is 2.38. The van der Waals surface area contributed by atoms with Crippen LogP contribution >= 0.6 is 0 Å². The number of hydrogen-bond donors (Lipinski definition) is 1. The number of hydrogen-bond acceptors (Lipinski definition) is 3. The predicted octanol–water partition coefficient (Wildman–Crippen LogP) is 2.98. The third kappa shape index (κ3) is 4.43. The van der Waals surface area contributed by atoms with Gasteiger partial charge in [0.1, 0.15) is 0 Å². The van der Waals surface area contributed by atoms with Gasteiger partial charge in [-0.05, 0) is 63.6 Å². The first-order valence-corrected chi connectivity index (χ1v) is 9.04. The van der Waals surface area contributed by atoms with E-state index in [0.717, 1.165) is 18.9 Å². The van der Waals surface area contributed by atoms with Crippen molar-refractivity contribution in [3.05, 3.63) is 0 Å². The smallest absolute Gasteiger partial charge is 0.0695 e. The summed E-state index contributed by atoms with van der Waals surface area (Å²) in [6.45, 7) is 11.9. The summed E-state index contributed by atoms with van der Waals surface area (Å²) < 4.78 is 0. The van der Waals surface area contributed by atoms with Crippen molar-refractivity contribution < 1.29 is 5.11 Å². The lowest BCUT2D eigenvalue weighted by Crippen LogP contribution is -2.49. The van der Waals surface area contributed by atoms with Crippen LogP contribution in [0.25, 0.3) is 0 Å². The van der Waals surface area contributed by atoms with E-state index in [1.807, 2.05) is 0 Å². The minimum atomic E-state index is -0.127. The van der Waals surface area contributed by atoms with Crippen LogP contribution in [0.5, 0.6) is 0 Å². The quantitative estimate of drug-likeness (QED) is 0.816. The molecule has 0 bridgehead atoms. The summed E-state index contributed by atoms with van der Waals surface area (Å²) in [6.07, 6.45) is 7.17. The lowest BCUT2D eigenvalue weighted by atomic mass is 9.67. The highest BCUT2D eigenvalue weighted by Crippen LogP contribution is 2.41. The average molecular weight is 296 g/mol. The van der Waals surface area contributed by atoms with Crippen LogP contribution in [-0.2, 0) is 0 Å². The van der Waals surface area contributed by atoms with Gasteiger partial charge in [0.25, 0.3) is 0 Å². The third-order valence-electron chi connectivity index (χ3n) is 6.33. The molecule has 0 aromatic rings. The van der Waals surface area contributed by atoms with E-state index in [9.17, 15) is 5.11 Å². The summed E-state index contributed by atoms with van der Waals surface area (Å²) in [5.41, 5.74) is 0.411. The van der Waals surface area contributed by atoms with Crippen LogP contribution < -0.4 is 0 Å². The second kappa shape index (κ2) is 7.43. The number of likely N-dealkylation sites (N-methyl/N-ethyl adjacent to an activating group) is 1. The molecule has 0 aromatic carbocycles. The van der Waals surface area contributed by atoms with Crippen molar-refractivity contribution in [3.63, 3.8) is 0 Å². The molecule has 2 fully saturated rings. The van der Waals surface area contributed by atoms with Crippen molar-refractivity contribution in [2.24, 2.45) is 11.3 Å². The van der Waals surface area contributed by atoms with Crippen molar-refractivity contribution in [3.8, 4) is 0 Å². The Labute approximate surface area is 131 Å². The maximum atomic E-state index is 10.4. The zero-order valence-corrected chi connectivity index (χ0v) is 14.6. The number of rotatable bonds is 6. The molecule has 3 unspecified atom stereocenters. The van der Waals surface area contributed by atoms with Gasteiger partial charge in [-0.3, -0.25) is 4.90 Å². The molecule has 1 aliphatic carbocycles. The molecule has 124 valence electrons. The van der Waals surface area contributed by atoms with E-state index in [4.69, 9.17) is 0 Å². The first-order valence-electron chi connectivity index (χ1n) is 9.04. The SMILES string of the molecule is CCC(C)(C)C1CCC(O)C(N(C)CCN2CCCC2)C1. The number of likely N-dealkylation sites (tertiary alicyclic amines) is 1. The molecule has 1 saturated carbocycles. The normalized spacial score (nSPS) is 32.0. The van der Waals surface area contributed by atoms with E-state index < -0.39 is 0 Å². The van der Waals surface area contributed by atoms with Gasteiger partial charge >= 0.3 is 0 Å². The molecule has 0 aromatic heterocycles. The third-order valence-corrected chi connectivity index (χ3v) is 6.33. The molecule has 1 saturated heterocycles. The molecule has 0 amide bonds. The molecular weight excluding hydrogens is 260 g/mol.